The lowest BCUT2D eigenvalue weighted by Crippen LogP contribution is -2.25. The van der Waals surface area contributed by atoms with Crippen molar-refractivity contribution in [2.75, 3.05) is 5.17 Å². The van der Waals surface area contributed by atoms with E-state index < -0.39 is 0 Å². The Labute approximate surface area is 53.2 Å². The molecule has 1 rings (SSSR count). The average molecular weight is 123 g/mol. The van der Waals surface area contributed by atoms with Crippen molar-refractivity contribution in [3.8, 4) is 0 Å². The van der Waals surface area contributed by atoms with Crippen LogP contribution >= 0.6 is 0 Å². The molecule has 0 saturated carbocycles. The highest BCUT2D eigenvalue weighted by Crippen LogP contribution is 2.05. The van der Waals surface area contributed by atoms with E-state index in [9.17, 15) is 0 Å². The van der Waals surface area contributed by atoms with E-state index in [1.807, 2.05) is 0 Å². The molecule has 9 heavy (non-hydrogen) atoms. The summed E-state index contributed by atoms with van der Waals surface area (Å²) in [4.78, 5) is 0. The molecule has 0 unspecified atom stereocenters. The lowest BCUT2D eigenvalue weighted by molar-refractivity contribution is 0.258. The topological polar surface area (TPSA) is 49.5 Å². The molecule has 0 saturated heterocycles. The van der Waals surface area contributed by atoms with Crippen LogP contribution in [0.3, 0.4) is 0 Å². The third-order valence-electron chi connectivity index (χ3n) is 0.965. The van der Waals surface area contributed by atoms with Gasteiger partial charge < -0.3 is 0 Å². The summed E-state index contributed by atoms with van der Waals surface area (Å²) in [5.41, 5.74) is 0.550. The largest absolute Gasteiger partial charge is 0.273 e. The van der Waals surface area contributed by atoms with Gasteiger partial charge in [-0.25, -0.2) is 5.84 Å². The summed E-state index contributed by atoms with van der Waals surface area (Å²) in [6, 6.07) is 9.44. The van der Waals surface area contributed by atoms with Crippen LogP contribution in [0.2, 0.25) is 0 Å². The van der Waals surface area contributed by atoms with Gasteiger partial charge >= 0.3 is 0 Å². The van der Waals surface area contributed by atoms with Gasteiger partial charge in [-0.2, -0.15) is 5.17 Å². The minimum Gasteiger partial charge on any atom is -0.273 e. The lowest BCUT2D eigenvalue weighted by Gasteiger charge is -2.07. The van der Waals surface area contributed by atoms with Crippen LogP contribution in [0.15, 0.2) is 24.3 Å². The van der Waals surface area contributed by atoms with E-state index >= 15 is 0 Å². The Kier molecular flexibility index (Phi) is 1.67. The highest BCUT2D eigenvalue weighted by Gasteiger charge is 1.90. The molecule has 0 aliphatic carbocycles. The number of anilines is 1. The van der Waals surface area contributed by atoms with Crippen molar-refractivity contribution in [1.82, 2.24) is 0 Å². The molecule has 0 aliphatic heterocycles. The molecule has 3 N–H and O–H groups in total. The molecular formula is C6H7N2O. The van der Waals surface area contributed by atoms with E-state index in [4.69, 9.17) is 11.0 Å². The number of benzene rings is 1. The van der Waals surface area contributed by atoms with Gasteiger partial charge in [0.1, 0.15) is 0 Å². The van der Waals surface area contributed by atoms with Gasteiger partial charge in [-0.15, -0.1) is 0 Å². The Morgan fingerprint density at radius 1 is 1.44 bits per heavy atom. The van der Waals surface area contributed by atoms with Crippen LogP contribution in [-0.2, 0) is 0 Å². The first kappa shape index (κ1) is 6.07. The molecule has 1 aromatic carbocycles. The minimum atomic E-state index is 0.550. The van der Waals surface area contributed by atoms with E-state index in [1.165, 1.54) is 0 Å². The van der Waals surface area contributed by atoms with Gasteiger partial charge in [-0.3, -0.25) is 5.21 Å². The monoisotopic (exact) mass is 123 g/mol. The van der Waals surface area contributed by atoms with Crippen molar-refractivity contribution in [2.45, 2.75) is 0 Å². The van der Waals surface area contributed by atoms with E-state index in [-0.39, 0.29) is 0 Å². The number of nitrogens with zero attached hydrogens (tertiary/aromatic N) is 1. The lowest BCUT2D eigenvalue weighted by atomic mass is 10.3. The summed E-state index contributed by atoms with van der Waals surface area (Å²) in [6.45, 7) is 0. The van der Waals surface area contributed by atoms with Crippen molar-refractivity contribution in [1.29, 1.82) is 0 Å². The van der Waals surface area contributed by atoms with E-state index in [0.717, 1.165) is 0 Å². The molecular weight excluding hydrogens is 116 g/mol. The number of hydrazine groups is 1. The first-order chi connectivity index (χ1) is 4.30. The predicted octanol–water partition coefficient (Wildman–Crippen LogP) is 0.556. The quantitative estimate of drug-likeness (QED) is 0.423. The summed E-state index contributed by atoms with van der Waals surface area (Å²) in [5.74, 6) is 4.99. The third-order valence-corrected chi connectivity index (χ3v) is 0.965. The molecule has 0 bridgehead atoms. The van der Waals surface area contributed by atoms with Crippen molar-refractivity contribution in [3.63, 3.8) is 0 Å². The SMILES string of the molecule is NN(O)c1cc[c]cc1. The fourth-order valence-electron chi connectivity index (χ4n) is 0.531. The fourth-order valence-corrected chi connectivity index (χ4v) is 0.531. The molecule has 0 atom stereocenters. The van der Waals surface area contributed by atoms with E-state index in [0.29, 0.717) is 10.9 Å². The number of hydrogen-bond donors (Lipinski definition) is 2. The normalized spacial score (nSPS) is 9.11. The molecule has 1 aromatic rings. The average Bonchev–Trinajstić information content (AvgIpc) is 1.90. The molecule has 0 amide bonds. The second-order valence-electron chi connectivity index (χ2n) is 1.60. The maximum absolute atomic E-state index is 8.62. The van der Waals surface area contributed by atoms with Crippen molar-refractivity contribution in [2.24, 2.45) is 5.84 Å². The van der Waals surface area contributed by atoms with Crippen molar-refractivity contribution in [3.05, 3.63) is 30.3 Å². The molecule has 0 aliphatic rings. The molecule has 47 valence electrons. The molecule has 0 heterocycles. The smallest absolute Gasteiger partial charge is 0.0818 e. The van der Waals surface area contributed by atoms with Gasteiger partial charge in [0, 0.05) is 0 Å². The summed E-state index contributed by atoms with van der Waals surface area (Å²) in [6.07, 6.45) is 0. The zero-order valence-electron chi connectivity index (χ0n) is 4.78. The van der Waals surface area contributed by atoms with Gasteiger partial charge in [0.05, 0.1) is 5.69 Å². The van der Waals surface area contributed by atoms with Crippen LogP contribution in [0.5, 0.6) is 0 Å². The maximum atomic E-state index is 8.62. The number of nitrogens with two attached hydrogens (primary N) is 1. The van der Waals surface area contributed by atoms with Crippen LogP contribution in [0, 0.1) is 6.07 Å². The Morgan fingerprint density at radius 2 is 2.00 bits per heavy atom. The zero-order valence-corrected chi connectivity index (χ0v) is 4.78. The Balaban J connectivity index is 2.85. The first-order valence-electron chi connectivity index (χ1n) is 2.50. The van der Waals surface area contributed by atoms with Gasteiger partial charge in [0.2, 0.25) is 0 Å². The zero-order chi connectivity index (χ0) is 6.69. The molecule has 0 spiro atoms. The second-order valence-corrected chi connectivity index (χ2v) is 1.60. The van der Waals surface area contributed by atoms with Gasteiger partial charge in [0.15, 0.2) is 0 Å². The van der Waals surface area contributed by atoms with Crippen LogP contribution in [0.1, 0.15) is 0 Å². The summed E-state index contributed by atoms with van der Waals surface area (Å²) >= 11 is 0. The number of rotatable bonds is 1. The third kappa shape index (κ3) is 1.42. The van der Waals surface area contributed by atoms with Gasteiger partial charge in [0.25, 0.3) is 0 Å². The van der Waals surface area contributed by atoms with Crippen LogP contribution in [0.4, 0.5) is 5.69 Å². The predicted molar refractivity (Wildman–Crippen MR) is 33.7 cm³/mol. The Bertz CT molecular complexity index is 174. The van der Waals surface area contributed by atoms with Crippen LogP contribution < -0.4 is 11.0 Å². The summed E-state index contributed by atoms with van der Waals surface area (Å²) in [7, 11) is 0. The summed E-state index contributed by atoms with van der Waals surface area (Å²) < 4.78 is 0. The Hall–Kier alpha value is -1.06. The van der Waals surface area contributed by atoms with Crippen LogP contribution in [-0.4, -0.2) is 5.21 Å². The highest BCUT2D eigenvalue weighted by atomic mass is 16.5. The summed E-state index contributed by atoms with van der Waals surface area (Å²) in [5, 5.41) is 9.18. The molecule has 1 radical (unpaired) electrons. The first-order valence-corrected chi connectivity index (χ1v) is 2.50. The van der Waals surface area contributed by atoms with Crippen molar-refractivity contribution < 1.29 is 5.21 Å². The van der Waals surface area contributed by atoms with Gasteiger partial charge in [-0.05, 0) is 18.2 Å². The number of hydrogen-bond acceptors (Lipinski definition) is 3. The van der Waals surface area contributed by atoms with Crippen molar-refractivity contribution >= 4 is 5.69 Å². The fraction of sp³-hybridized carbons (Fsp3) is 0. The van der Waals surface area contributed by atoms with E-state index in [1.54, 1.807) is 24.3 Å². The molecule has 0 aromatic heterocycles. The standard InChI is InChI=1S/C6H7N2O/c7-8(9)6-4-2-1-3-5-6/h2-5,9H,7H2. The molecule has 0 fully saturated rings. The minimum absolute atomic E-state index is 0.550. The van der Waals surface area contributed by atoms with Crippen LogP contribution in [0.25, 0.3) is 0 Å². The highest BCUT2D eigenvalue weighted by molar-refractivity contribution is 5.40. The van der Waals surface area contributed by atoms with E-state index in [2.05, 4.69) is 6.07 Å². The van der Waals surface area contributed by atoms with Gasteiger partial charge in [-0.1, -0.05) is 12.1 Å². The molecule has 3 nitrogen and oxygen atoms in total. The maximum Gasteiger partial charge on any atom is 0.0818 e. The molecule has 3 heteroatoms. The second kappa shape index (κ2) is 2.48. The Morgan fingerprint density at radius 3 is 2.33 bits per heavy atom.